The lowest BCUT2D eigenvalue weighted by atomic mass is 10.1. The summed E-state index contributed by atoms with van der Waals surface area (Å²) in [5, 5.41) is 0. The minimum Gasteiger partial charge on any atom is -0.465 e. The molecule has 0 atom stereocenters. The van der Waals surface area contributed by atoms with Gasteiger partial charge in [0.25, 0.3) is 0 Å². The van der Waals surface area contributed by atoms with E-state index >= 15 is 0 Å². The summed E-state index contributed by atoms with van der Waals surface area (Å²) in [6.07, 6.45) is 0.664. The molecule has 2 N–H and O–H groups in total. The first-order valence-electron chi connectivity index (χ1n) is 4.27. The van der Waals surface area contributed by atoms with Gasteiger partial charge in [0.05, 0.1) is 19.8 Å². The Morgan fingerprint density at radius 1 is 1.40 bits per heavy atom. The molecule has 80 valence electrons. The topological polar surface area (TPSA) is 69.2 Å². The summed E-state index contributed by atoms with van der Waals surface area (Å²) in [4.78, 5) is 26.9. The van der Waals surface area contributed by atoms with Gasteiger partial charge in [0.15, 0.2) is 12.0 Å². The SMILES string of the molecule is CO[NH2+]c1c(C=O)cccc1C(=O)OC. The molecule has 1 aromatic rings. The number of ether oxygens (including phenoxy) is 1. The standard InChI is InChI=1S/C10H11NO4/c1-14-10(13)8-5-3-4-7(6-12)9(8)11-15-2/h3-6,11H,1-2H3/p+1. The number of quaternary nitrogens is 1. The van der Waals surface area contributed by atoms with E-state index in [2.05, 4.69) is 4.74 Å². The van der Waals surface area contributed by atoms with Crippen LogP contribution in [0.25, 0.3) is 0 Å². The smallest absolute Gasteiger partial charge is 0.344 e. The molecule has 0 unspecified atom stereocenters. The molecule has 0 heterocycles. The van der Waals surface area contributed by atoms with Crippen LogP contribution in [0.3, 0.4) is 0 Å². The molecule has 1 rings (SSSR count). The molecular formula is C10H12NO4+. The van der Waals surface area contributed by atoms with E-state index in [1.165, 1.54) is 19.7 Å². The Kier molecular flexibility index (Phi) is 3.96. The largest absolute Gasteiger partial charge is 0.465 e. The second kappa shape index (κ2) is 5.23. The van der Waals surface area contributed by atoms with Crippen LogP contribution in [0.2, 0.25) is 0 Å². The molecule has 0 bridgehead atoms. The molecular weight excluding hydrogens is 198 g/mol. The summed E-state index contributed by atoms with van der Waals surface area (Å²) in [6.45, 7) is 0. The van der Waals surface area contributed by atoms with Gasteiger partial charge in [-0.2, -0.15) is 5.48 Å². The Bertz CT molecular complexity index is 376. The lowest BCUT2D eigenvalue weighted by Gasteiger charge is -2.05. The fraction of sp³-hybridized carbons (Fsp3) is 0.200. The number of rotatable bonds is 4. The zero-order valence-corrected chi connectivity index (χ0v) is 8.52. The minimum atomic E-state index is -0.498. The number of aldehydes is 1. The molecule has 0 aliphatic carbocycles. The number of benzene rings is 1. The van der Waals surface area contributed by atoms with E-state index in [0.717, 1.165) is 0 Å². The van der Waals surface area contributed by atoms with E-state index in [9.17, 15) is 9.59 Å². The molecule has 0 saturated carbocycles. The number of methoxy groups -OCH3 is 1. The number of esters is 1. The average Bonchev–Trinajstić information content (AvgIpc) is 2.28. The van der Waals surface area contributed by atoms with E-state index in [1.54, 1.807) is 18.2 Å². The monoisotopic (exact) mass is 210 g/mol. The van der Waals surface area contributed by atoms with Gasteiger partial charge in [-0.25, -0.2) is 9.63 Å². The molecule has 0 spiro atoms. The van der Waals surface area contributed by atoms with Crippen LogP contribution in [0.5, 0.6) is 0 Å². The van der Waals surface area contributed by atoms with Crippen molar-refractivity contribution < 1.29 is 24.6 Å². The van der Waals surface area contributed by atoms with E-state index in [1.807, 2.05) is 0 Å². The van der Waals surface area contributed by atoms with Crippen molar-refractivity contribution in [1.82, 2.24) is 0 Å². The van der Waals surface area contributed by atoms with Crippen molar-refractivity contribution >= 4 is 17.9 Å². The van der Waals surface area contributed by atoms with Crippen LogP contribution in [0.4, 0.5) is 5.69 Å². The third-order valence-electron chi connectivity index (χ3n) is 1.91. The number of nitrogens with two attached hydrogens (primary N) is 1. The maximum Gasteiger partial charge on any atom is 0.344 e. The predicted octanol–water partition coefficient (Wildman–Crippen LogP) is 0.0420. The van der Waals surface area contributed by atoms with Gasteiger partial charge in [-0.3, -0.25) is 4.79 Å². The summed E-state index contributed by atoms with van der Waals surface area (Å²) >= 11 is 0. The van der Waals surface area contributed by atoms with Crippen LogP contribution in [0.15, 0.2) is 18.2 Å². The van der Waals surface area contributed by atoms with Crippen LogP contribution >= 0.6 is 0 Å². The van der Waals surface area contributed by atoms with Crippen molar-refractivity contribution in [2.45, 2.75) is 0 Å². The Balaban J connectivity index is 3.24. The van der Waals surface area contributed by atoms with Crippen molar-refractivity contribution in [1.29, 1.82) is 0 Å². The molecule has 1 aromatic carbocycles. The molecule has 5 heteroatoms. The van der Waals surface area contributed by atoms with Gasteiger partial charge in [0.2, 0.25) is 0 Å². The molecule has 0 saturated heterocycles. The van der Waals surface area contributed by atoms with Gasteiger partial charge in [-0.1, -0.05) is 6.07 Å². The van der Waals surface area contributed by atoms with Crippen LogP contribution in [-0.2, 0) is 9.57 Å². The normalized spacial score (nSPS) is 9.73. The first-order valence-corrected chi connectivity index (χ1v) is 4.27. The molecule has 0 aliphatic heterocycles. The maximum atomic E-state index is 11.4. The number of carbonyl (C=O) groups is 2. The predicted molar refractivity (Wildman–Crippen MR) is 51.8 cm³/mol. The van der Waals surface area contributed by atoms with Crippen LogP contribution in [0.1, 0.15) is 20.7 Å². The molecule has 0 aliphatic rings. The van der Waals surface area contributed by atoms with Gasteiger partial charge in [0, 0.05) is 0 Å². The van der Waals surface area contributed by atoms with E-state index in [-0.39, 0.29) is 0 Å². The van der Waals surface area contributed by atoms with Crippen LogP contribution in [0, 0.1) is 0 Å². The summed E-state index contributed by atoms with van der Waals surface area (Å²) in [5.41, 5.74) is 2.47. The highest BCUT2D eigenvalue weighted by Crippen LogP contribution is 2.15. The summed E-state index contributed by atoms with van der Waals surface area (Å²) in [7, 11) is 2.73. The van der Waals surface area contributed by atoms with Crippen molar-refractivity contribution in [2.75, 3.05) is 14.2 Å². The minimum absolute atomic E-state index is 0.309. The zero-order chi connectivity index (χ0) is 11.3. The highest BCUT2D eigenvalue weighted by Gasteiger charge is 2.18. The summed E-state index contributed by atoms with van der Waals surface area (Å²) < 4.78 is 4.59. The second-order valence-electron chi connectivity index (χ2n) is 2.77. The summed E-state index contributed by atoms with van der Waals surface area (Å²) in [6, 6.07) is 4.79. The molecule has 0 radical (unpaired) electrons. The Labute approximate surface area is 86.9 Å². The quantitative estimate of drug-likeness (QED) is 0.330. The highest BCUT2D eigenvalue weighted by atomic mass is 16.6. The molecule has 0 fully saturated rings. The third-order valence-corrected chi connectivity index (χ3v) is 1.91. The first kappa shape index (κ1) is 11.4. The van der Waals surface area contributed by atoms with Crippen molar-refractivity contribution in [3.05, 3.63) is 29.3 Å². The maximum absolute atomic E-state index is 11.4. The third kappa shape index (κ3) is 2.39. The second-order valence-corrected chi connectivity index (χ2v) is 2.77. The van der Waals surface area contributed by atoms with Crippen molar-refractivity contribution in [2.24, 2.45) is 0 Å². The van der Waals surface area contributed by atoms with Crippen molar-refractivity contribution in [3.63, 3.8) is 0 Å². The lowest BCUT2D eigenvalue weighted by molar-refractivity contribution is -0.830. The van der Waals surface area contributed by atoms with E-state index < -0.39 is 5.97 Å². The zero-order valence-electron chi connectivity index (χ0n) is 8.52. The van der Waals surface area contributed by atoms with Crippen molar-refractivity contribution in [3.8, 4) is 0 Å². The number of carbonyl (C=O) groups excluding carboxylic acids is 2. The first-order chi connectivity index (χ1) is 7.24. The molecule has 0 aromatic heterocycles. The lowest BCUT2D eigenvalue weighted by Crippen LogP contribution is -2.77. The molecule has 15 heavy (non-hydrogen) atoms. The fourth-order valence-corrected chi connectivity index (χ4v) is 1.22. The number of hydrogen-bond acceptors (Lipinski definition) is 4. The molecule has 0 amide bonds. The van der Waals surface area contributed by atoms with Gasteiger partial charge in [-0.05, 0) is 12.1 Å². The Hall–Kier alpha value is -1.72. The van der Waals surface area contributed by atoms with Crippen LogP contribution < -0.4 is 5.48 Å². The average molecular weight is 210 g/mol. The van der Waals surface area contributed by atoms with Gasteiger partial charge >= 0.3 is 5.97 Å². The Morgan fingerprint density at radius 2 is 2.13 bits per heavy atom. The molecule has 5 nitrogen and oxygen atoms in total. The van der Waals surface area contributed by atoms with E-state index in [4.69, 9.17) is 4.84 Å². The fourth-order valence-electron chi connectivity index (χ4n) is 1.22. The Morgan fingerprint density at radius 3 is 2.67 bits per heavy atom. The number of hydrogen-bond donors (Lipinski definition) is 1. The van der Waals surface area contributed by atoms with Gasteiger partial charge in [0.1, 0.15) is 5.56 Å². The highest BCUT2D eigenvalue weighted by molar-refractivity contribution is 5.97. The summed E-state index contributed by atoms with van der Waals surface area (Å²) in [5.74, 6) is -0.498. The van der Waals surface area contributed by atoms with Gasteiger partial charge < -0.3 is 4.74 Å². The van der Waals surface area contributed by atoms with Gasteiger partial charge in [-0.15, -0.1) is 0 Å². The van der Waals surface area contributed by atoms with Crippen LogP contribution in [-0.4, -0.2) is 26.5 Å². The van der Waals surface area contributed by atoms with E-state index in [0.29, 0.717) is 23.1 Å².